The maximum absolute atomic E-state index is 12.3. The molecule has 0 saturated heterocycles. The van der Waals surface area contributed by atoms with E-state index in [1.807, 2.05) is 0 Å². The smallest absolute Gasteiger partial charge is 0.240 e. The largest absolute Gasteiger partial charge is 0.389 e. The third-order valence-electron chi connectivity index (χ3n) is 2.99. The Labute approximate surface area is 128 Å². The van der Waals surface area contributed by atoms with Crippen molar-refractivity contribution in [2.24, 2.45) is 5.73 Å². The van der Waals surface area contributed by atoms with Gasteiger partial charge in [0.2, 0.25) is 10.0 Å². The van der Waals surface area contributed by atoms with E-state index in [1.54, 1.807) is 31.6 Å². The van der Waals surface area contributed by atoms with Crippen LogP contribution in [0.2, 0.25) is 0 Å². The number of aryl methyl sites for hydroxylation is 1. The number of benzene rings is 1. The number of imidazole rings is 1. The Morgan fingerprint density at radius 2 is 2.24 bits per heavy atom. The quantitative estimate of drug-likeness (QED) is 0.685. The van der Waals surface area contributed by atoms with Crippen molar-refractivity contribution in [1.82, 2.24) is 14.7 Å². The summed E-state index contributed by atoms with van der Waals surface area (Å²) in [6.45, 7) is 2.01. The van der Waals surface area contributed by atoms with Gasteiger partial charge in [0.25, 0.3) is 0 Å². The lowest BCUT2D eigenvalue weighted by Crippen LogP contribution is -2.27. The van der Waals surface area contributed by atoms with Crippen LogP contribution in [0.5, 0.6) is 0 Å². The van der Waals surface area contributed by atoms with Gasteiger partial charge < -0.3 is 10.7 Å². The van der Waals surface area contributed by atoms with Crippen LogP contribution in [0.15, 0.2) is 35.6 Å². The maximum Gasteiger partial charge on any atom is 0.240 e. The Balaban J connectivity index is 2.10. The predicted molar refractivity (Wildman–Crippen MR) is 84.5 cm³/mol. The summed E-state index contributed by atoms with van der Waals surface area (Å²) in [5.41, 5.74) is 7.66. The molecule has 2 rings (SSSR count). The van der Waals surface area contributed by atoms with E-state index >= 15 is 0 Å². The van der Waals surface area contributed by atoms with Gasteiger partial charge in [0.05, 0.1) is 11.2 Å². The summed E-state index contributed by atoms with van der Waals surface area (Å²) in [6, 6.07) is 4.80. The number of sulfonamides is 1. The van der Waals surface area contributed by atoms with Gasteiger partial charge in [-0.15, -0.1) is 0 Å². The molecule has 0 aliphatic rings. The summed E-state index contributed by atoms with van der Waals surface area (Å²) in [4.78, 5) is 7.27. The van der Waals surface area contributed by atoms with E-state index in [9.17, 15) is 8.42 Å². The number of hydrogen-bond donors (Lipinski definition) is 3. The molecule has 0 atom stereocenters. The van der Waals surface area contributed by atoms with Crippen LogP contribution in [0.1, 0.15) is 16.8 Å². The fourth-order valence-corrected chi connectivity index (χ4v) is 3.31. The van der Waals surface area contributed by atoms with Gasteiger partial charge in [-0.2, -0.15) is 0 Å². The maximum atomic E-state index is 12.3. The van der Waals surface area contributed by atoms with E-state index in [4.69, 9.17) is 18.0 Å². The number of rotatable bonds is 6. The molecule has 0 fully saturated rings. The lowest BCUT2D eigenvalue weighted by atomic mass is 10.1. The second kappa shape index (κ2) is 6.33. The van der Waals surface area contributed by atoms with Gasteiger partial charge in [0.15, 0.2) is 0 Å². The molecule has 6 nitrogen and oxygen atoms in total. The summed E-state index contributed by atoms with van der Waals surface area (Å²) in [6.07, 6.45) is 3.77. The van der Waals surface area contributed by atoms with E-state index in [0.29, 0.717) is 24.1 Å². The SMILES string of the molecule is Cc1cc(C(N)=S)ccc1S(=O)(=O)NCCc1cnc[nH]1. The molecule has 112 valence electrons. The summed E-state index contributed by atoms with van der Waals surface area (Å²) < 4.78 is 27.1. The van der Waals surface area contributed by atoms with Gasteiger partial charge in [-0.3, -0.25) is 0 Å². The molecule has 8 heteroatoms. The van der Waals surface area contributed by atoms with Gasteiger partial charge in [0.1, 0.15) is 4.99 Å². The third kappa shape index (κ3) is 3.87. The lowest BCUT2D eigenvalue weighted by Gasteiger charge is -2.10. The summed E-state index contributed by atoms with van der Waals surface area (Å²) >= 11 is 4.88. The van der Waals surface area contributed by atoms with Crippen molar-refractivity contribution in [3.63, 3.8) is 0 Å². The van der Waals surface area contributed by atoms with Crippen LogP contribution in [0, 0.1) is 6.92 Å². The monoisotopic (exact) mass is 324 g/mol. The molecular formula is C13H16N4O2S2. The van der Waals surface area contributed by atoms with E-state index in [2.05, 4.69) is 14.7 Å². The summed E-state index contributed by atoms with van der Waals surface area (Å²) in [7, 11) is -3.56. The van der Waals surface area contributed by atoms with Gasteiger partial charge in [0, 0.05) is 30.4 Å². The van der Waals surface area contributed by atoms with Crippen molar-refractivity contribution in [2.75, 3.05) is 6.54 Å². The molecule has 0 amide bonds. The molecule has 0 saturated carbocycles. The Bertz CT molecular complexity index is 740. The molecule has 4 N–H and O–H groups in total. The van der Waals surface area contributed by atoms with Crippen LogP contribution in [-0.2, 0) is 16.4 Å². The molecular weight excluding hydrogens is 308 g/mol. The van der Waals surface area contributed by atoms with Crippen molar-refractivity contribution in [3.05, 3.63) is 47.5 Å². The molecule has 0 radical (unpaired) electrons. The van der Waals surface area contributed by atoms with Crippen LogP contribution in [-0.4, -0.2) is 29.9 Å². The molecule has 21 heavy (non-hydrogen) atoms. The molecule has 1 heterocycles. The topological polar surface area (TPSA) is 101 Å². The number of nitrogens with zero attached hydrogens (tertiary/aromatic N) is 1. The average molecular weight is 324 g/mol. The number of hydrogen-bond acceptors (Lipinski definition) is 4. The Morgan fingerprint density at radius 1 is 1.48 bits per heavy atom. The number of nitrogens with one attached hydrogen (secondary N) is 2. The first-order valence-corrected chi connectivity index (χ1v) is 8.16. The summed E-state index contributed by atoms with van der Waals surface area (Å²) in [5.74, 6) is 0. The van der Waals surface area contributed by atoms with Crippen LogP contribution in [0.4, 0.5) is 0 Å². The van der Waals surface area contributed by atoms with E-state index in [-0.39, 0.29) is 9.88 Å². The first-order chi connectivity index (χ1) is 9.90. The third-order valence-corrected chi connectivity index (χ3v) is 4.85. The number of aromatic nitrogens is 2. The van der Waals surface area contributed by atoms with Crippen LogP contribution in [0.25, 0.3) is 0 Å². The minimum atomic E-state index is -3.56. The fourth-order valence-electron chi connectivity index (χ4n) is 1.92. The second-order valence-corrected chi connectivity index (χ2v) is 6.74. The van der Waals surface area contributed by atoms with E-state index in [0.717, 1.165) is 5.69 Å². The molecule has 0 bridgehead atoms. The minimum absolute atomic E-state index is 0.229. The standard InChI is InChI=1S/C13H16N4O2S2/c1-9-6-10(13(14)20)2-3-12(9)21(18,19)17-5-4-11-7-15-8-16-11/h2-3,6-8,17H,4-5H2,1H3,(H2,14,20)(H,15,16). The number of nitrogens with two attached hydrogens (primary N) is 1. The first kappa shape index (κ1) is 15.6. The first-order valence-electron chi connectivity index (χ1n) is 6.27. The zero-order chi connectivity index (χ0) is 15.5. The van der Waals surface area contributed by atoms with Crippen molar-refractivity contribution >= 4 is 27.2 Å². The highest BCUT2D eigenvalue weighted by Gasteiger charge is 2.16. The van der Waals surface area contributed by atoms with Gasteiger partial charge in [-0.25, -0.2) is 18.1 Å². The molecule has 0 unspecified atom stereocenters. The molecule has 2 aromatic rings. The van der Waals surface area contributed by atoms with Crippen LogP contribution >= 0.6 is 12.2 Å². The van der Waals surface area contributed by atoms with Crippen molar-refractivity contribution < 1.29 is 8.42 Å². The van der Waals surface area contributed by atoms with Gasteiger partial charge >= 0.3 is 0 Å². The second-order valence-electron chi connectivity index (χ2n) is 4.57. The number of thiocarbonyl (C=S) groups is 1. The van der Waals surface area contributed by atoms with E-state index in [1.165, 1.54) is 6.07 Å². The molecule has 1 aromatic heterocycles. The normalized spacial score (nSPS) is 11.5. The fraction of sp³-hybridized carbons (Fsp3) is 0.231. The molecule has 1 aromatic carbocycles. The highest BCUT2D eigenvalue weighted by molar-refractivity contribution is 7.89. The highest BCUT2D eigenvalue weighted by Crippen LogP contribution is 2.16. The Hall–Kier alpha value is -1.77. The van der Waals surface area contributed by atoms with Gasteiger partial charge in [-0.05, 0) is 24.6 Å². The Kier molecular flexibility index (Phi) is 4.71. The van der Waals surface area contributed by atoms with Gasteiger partial charge in [-0.1, -0.05) is 18.3 Å². The molecule has 0 spiro atoms. The number of H-pyrrole nitrogens is 1. The highest BCUT2D eigenvalue weighted by atomic mass is 32.2. The lowest BCUT2D eigenvalue weighted by molar-refractivity contribution is 0.580. The Morgan fingerprint density at radius 3 is 2.81 bits per heavy atom. The predicted octanol–water partition coefficient (Wildman–Crippen LogP) is 0.873. The molecule has 0 aliphatic carbocycles. The minimum Gasteiger partial charge on any atom is -0.389 e. The average Bonchev–Trinajstić information content (AvgIpc) is 2.91. The van der Waals surface area contributed by atoms with Crippen LogP contribution in [0.3, 0.4) is 0 Å². The number of aromatic amines is 1. The summed E-state index contributed by atoms with van der Waals surface area (Å²) in [5, 5.41) is 0. The zero-order valence-electron chi connectivity index (χ0n) is 11.5. The van der Waals surface area contributed by atoms with Crippen molar-refractivity contribution in [1.29, 1.82) is 0 Å². The van der Waals surface area contributed by atoms with Crippen LogP contribution < -0.4 is 10.5 Å². The molecule has 0 aliphatic heterocycles. The zero-order valence-corrected chi connectivity index (χ0v) is 13.1. The van der Waals surface area contributed by atoms with Crippen molar-refractivity contribution in [3.8, 4) is 0 Å². The van der Waals surface area contributed by atoms with E-state index < -0.39 is 10.0 Å². The van der Waals surface area contributed by atoms with Crippen molar-refractivity contribution in [2.45, 2.75) is 18.2 Å².